The monoisotopic (exact) mass is 904 g/mol. The van der Waals surface area contributed by atoms with Gasteiger partial charge in [0.15, 0.2) is 34.1 Å². The van der Waals surface area contributed by atoms with Crippen LogP contribution >= 0.6 is 11.6 Å². The van der Waals surface area contributed by atoms with Gasteiger partial charge in [0.1, 0.15) is 11.4 Å². The first-order valence-electron chi connectivity index (χ1n) is 19.5. The van der Waals surface area contributed by atoms with Gasteiger partial charge in [-0.05, 0) is 67.5 Å². The third kappa shape index (κ3) is 11.7. The second kappa shape index (κ2) is 20.3. The number of nitrogens with zero attached hydrogens (tertiary/aromatic N) is 2. The van der Waals surface area contributed by atoms with Crippen LogP contribution in [0.4, 0.5) is 35.1 Å². The molecule has 2 aliphatic rings. The van der Waals surface area contributed by atoms with E-state index in [1.165, 1.54) is 62.9 Å². The molecule has 0 bridgehead atoms. The van der Waals surface area contributed by atoms with E-state index >= 15 is 0 Å². The highest BCUT2D eigenvalue weighted by Gasteiger charge is 2.42. The molecule has 2 aromatic carbocycles. The smallest absolute Gasteiger partial charge is 0.270 e. The predicted molar refractivity (Wildman–Crippen MR) is 221 cm³/mol. The van der Waals surface area contributed by atoms with Crippen LogP contribution in [0.2, 0.25) is 5.02 Å². The quantitative estimate of drug-likeness (QED) is 0.102. The number of aromatic nitrogens is 4. The maximum atomic E-state index is 13.6. The molecule has 10 nitrogen and oxygen atoms in total. The summed E-state index contributed by atoms with van der Waals surface area (Å²) in [6, 6.07) is 13.3. The average molecular weight is 905 g/mol. The van der Waals surface area contributed by atoms with Crippen LogP contribution in [-0.2, 0) is 0 Å². The molecule has 0 spiro atoms. The Labute approximate surface area is 359 Å². The number of nitrogens with one attached hydrogen (secondary N) is 3. The number of rotatable bonds is 4. The van der Waals surface area contributed by atoms with Gasteiger partial charge in [0.2, 0.25) is 5.92 Å². The van der Waals surface area contributed by atoms with E-state index < -0.39 is 52.8 Å². The highest BCUT2D eigenvalue weighted by molar-refractivity contribution is 6.31. The number of carbonyl (C=O) groups excluding carboxylic acids is 2. The van der Waals surface area contributed by atoms with E-state index in [1.54, 1.807) is 12.1 Å². The molecule has 0 unspecified atom stereocenters. The van der Waals surface area contributed by atoms with Gasteiger partial charge in [-0.3, -0.25) is 29.1 Å². The third-order valence-corrected chi connectivity index (χ3v) is 11.1. The summed E-state index contributed by atoms with van der Waals surface area (Å²) in [5.74, 6) is -11.6. The molecule has 4 heterocycles. The summed E-state index contributed by atoms with van der Waals surface area (Å²) in [5, 5.41) is 2.57. The van der Waals surface area contributed by atoms with E-state index in [4.69, 9.17) is 17.3 Å². The van der Waals surface area contributed by atoms with Crippen molar-refractivity contribution in [2.45, 2.75) is 75.6 Å². The number of alkyl halides is 4. The minimum absolute atomic E-state index is 0.00403. The second-order valence-corrected chi connectivity index (χ2v) is 15.4. The molecule has 2 fully saturated rings. The molecule has 0 aliphatic heterocycles. The molecule has 63 heavy (non-hydrogen) atoms. The Kier molecular flexibility index (Phi) is 15.5. The topological polar surface area (TPSA) is 164 Å². The summed E-state index contributed by atoms with van der Waals surface area (Å²) in [4.78, 5) is 60.3. The van der Waals surface area contributed by atoms with Crippen LogP contribution < -0.4 is 21.9 Å². The fraction of sp³-hybridized carbons (Fsp3) is 0.318. The Morgan fingerprint density at radius 1 is 0.810 bits per heavy atom. The lowest BCUT2D eigenvalue weighted by Gasteiger charge is -2.34. The molecule has 19 heteroatoms. The summed E-state index contributed by atoms with van der Waals surface area (Å²) < 4.78 is 104. The molecule has 2 saturated carbocycles. The minimum atomic E-state index is -2.69. The Bertz CT molecular complexity index is 2710. The number of aromatic amines is 2. The van der Waals surface area contributed by atoms with E-state index in [2.05, 4.69) is 25.3 Å². The van der Waals surface area contributed by atoms with Gasteiger partial charge in [-0.15, -0.1) is 0 Å². The average Bonchev–Trinajstić information content (AvgIpc) is 3.24. The van der Waals surface area contributed by atoms with Crippen molar-refractivity contribution < 1.29 is 44.7 Å². The molecular formula is C44H41ClF8N6O4. The van der Waals surface area contributed by atoms with Crippen LogP contribution in [-0.4, -0.2) is 50.6 Å². The van der Waals surface area contributed by atoms with Gasteiger partial charge in [-0.25, -0.2) is 35.1 Å². The number of nitrogens with two attached hydrogens (primary N) is 1. The number of hydrogen-bond acceptors (Lipinski definition) is 6. The van der Waals surface area contributed by atoms with E-state index in [1.807, 2.05) is 0 Å². The van der Waals surface area contributed by atoms with Crippen molar-refractivity contribution in [2.24, 2.45) is 11.7 Å². The summed E-state index contributed by atoms with van der Waals surface area (Å²) >= 11 is 5.75. The van der Waals surface area contributed by atoms with Gasteiger partial charge in [0.25, 0.3) is 17.7 Å². The molecule has 2 amide bonds. The van der Waals surface area contributed by atoms with Gasteiger partial charge in [-0.1, -0.05) is 36.7 Å². The number of fused-ring (bicyclic) bond motifs is 2. The fourth-order valence-corrected chi connectivity index (χ4v) is 7.69. The SMILES string of the molecule is CNC(=O)c1nccc2[nH]c([C@H]3CCCC(F)(F)C3)cc(=O)c12.C[C@@H]1C[C@H](c2ccc(F)c(F)c2Cl)CCC1(F)F.Fc1ccccc1F.NC(=O)c1nccc2[nH]ccc(=O)c12. The number of halogens is 9. The largest absolute Gasteiger partial charge is 0.364 e. The maximum Gasteiger partial charge on any atom is 0.270 e. The normalized spacial score (nSPS) is 18.7. The van der Waals surface area contributed by atoms with E-state index in [0.29, 0.717) is 35.1 Å². The number of amides is 2. The lowest BCUT2D eigenvalue weighted by Crippen LogP contribution is -2.32. The highest BCUT2D eigenvalue weighted by Crippen LogP contribution is 2.46. The van der Waals surface area contributed by atoms with Crippen molar-refractivity contribution >= 4 is 45.2 Å². The number of H-pyrrole nitrogens is 2. The van der Waals surface area contributed by atoms with Crippen molar-refractivity contribution in [1.82, 2.24) is 25.3 Å². The molecule has 0 radical (unpaired) electrons. The zero-order chi connectivity index (χ0) is 46.2. The van der Waals surface area contributed by atoms with Crippen LogP contribution in [0, 0.1) is 29.2 Å². The van der Waals surface area contributed by atoms with Crippen LogP contribution in [0.15, 0.2) is 88.8 Å². The van der Waals surface area contributed by atoms with Gasteiger partial charge in [0.05, 0.1) is 26.8 Å². The van der Waals surface area contributed by atoms with Crippen LogP contribution in [0.5, 0.6) is 0 Å². The Morgan fingerprint density at radius 2 is 1.44 bits per heavy atom. The van der Waals surface area contributed by atoms with Gasteiger partial charge < -0.3 is 21.0 Å². The van der Waals surface area contributed by atoms with Crippen LogP contribution in [0.1, 0.15) is 95.9 Å². The molecule has 3 atom stereocenters. The standard InChI is InChI=1S/C16H17F2N3O2.C13H13ClF4.C9H7N3O2.C6H4F2/c1-19-15(23)14-13-10(4-6-20-14)21-11(7-12(13)22)9-3-2-5-16(17,18)8-9;1-7-6-8(4-5-13(7,17)18)9-2-3-10(15)12(16)11(9)14;10-9(14)8-7-5(1-3-12-8)11-4-2-6(7)13;7-5-3-1-2-4-6(5)8/h4,6-7,9H,2-3,5,8H2,1H3,(H,19,23)(H,21,22);2-3,7-8H,4-6H2,1H3;1-4H,(H2,10,14)(H,11,13);1-4H/t9-;7-,8-;;/m01../s1. The van der Waals surface area contributed by atoms with Crippen LogP contribution in [0.3, 0.4) is 0 Å². The summed E-state index contributed by atoms with van der Waals surface area (Å²) in [6.45, 7) is 1.47. The molecule has 6 aromatic rings. The lowest BCUT2D eigenvalue weighted by molar-refractivity contribution is -0.0830. The maximum absolute atomic E-state index is 13.6. The molecule has 0 saturated heterocycles. The van der Waals surface area contributed by atoms with E-state index in [9.17, 15) is 54.3 Å². The number of carbonyl (C=O) groups is 2. The minimum Gasteiger partial charge on any atom is -0.364 e. The number of hydrogen-bond donors (Lipinski definition) is 4. The molecule has 2 aliphatic carbocycles. The van der Waals surface area contributed by atoms with E-state index in [0.717, 1.165) is 18.2 Å². The molecule has 5 N–H and O–H groups in total. The first-order chi connectivity index (χ1) is 29.7. The molecular weight excluding hydrogens is 864 g/mol. The van der Waals surface area contributed by atoms with Crippen molar-refractivity contribution in [3.8, 4) is 0 Å². The zero-order valence-corrected chi connectivity index (χ0v) is 34.4. The number of pyridine rings is 4. The highest BCUT2D eigenvalue weighted by atomic mass is 35.5. The van der Waals surface area contributed by atoms with Crippen molar-refractivity contribution in [3.63, 3.8) is 0 Å². The van der Waals surface area contributed by atoms with Crippen molar-refractivity contribution in [1.29, 1.82) is 0 Å². The fourth-order valence-electron chi connectivity index (χ4n) is 7.38. The number of benzene rings is 2. The third-order valence-electron chi connectivity index (χ3n) is 10.7. The van der Waals surface area contributed by atoms with E-state index in [-0.39, 0.29) is 82.0 Å². The van der Waals surface area contributed by atoms with Crippen molar-refractivity contribution in [3.05, 3.63) is 151 Å². The second-order valence-electron chi connectivity index (χ2n) is 15.0. The van der Waals surface area contributed by atoms with Crippen molar-refractivity contribution in [2.75, 3.05) is 7.05 Å². The Hall–Kier alpha value is -6.17. The summed E-state index contributed by atoms with van der Waals surface area (Å²) in [5.41, 5.74) is 6.41. The van der Waals surface area contributed by atoms with Crippen LogP contribution in [0.25, 0.3) is 21.8 Å². The predicted octanol–water partition coefficient (Wildman–Crippen LogP) is 9.72. The number of primary amides is 1. The lowest BCUT2D eigenvalue weighted by atomic mass is 9.76. The Balaban J connectivity index is 0.000000167. The first kappa shape index (κ1) is 47.9. The van der Waals surface area contributed by atoms with Gasteiger partial charge in [-0.2, -0.15) is 0 Å². The zero-order valence-electron chi connectivity index (χ0n) is 33.7. The van der Waals surface area contributed by atoms with Gasteiger partial charge >= 0.3 is 0 Å². The summed E-state index contributed by atoms with van der Waals surface area (Å²) in [6.07, 6.45) is 5.26. The van der Waals surface area contributed by atoms with Gasteiger partial charge in [0, 0.05) is 74.6 Å². The molecule has 8 rings (SSSR count). The Morgan fingerprint density at radius 3 is 2.05 bits per heavy atom. The summed E-state index contributed by atoms with van der Waals surface area (Å²) in [7, 11) is 1.45. The molecule has 4 aromatic heterocycles. The first-order valence-corrected chi connectivity index (χ1v) is 19.9. The molecule has 334 valence electrons.